The van der Waals surface area contributed by atoms with Crippen LogP contribution < -0.4 is 15.4 Å². The van der Waals surface area contributed by atoms with E-state index in [0.29, 0.717) is 96.0 Å². The standard InChI is InChI=1S/C43H46BrN3O10S/c1-2-32(5-4-17-57-40-34-13-12-31(48)27-38(34)58-41(40)29-8-10-30(44)11-9-29)56-26-25-55-24-23-54-22-21-53-20-19-52-18-16-45-36-7-3-6-33-35(36)28-47(43(33)51)37-14-15-39(49)46-42(37)50/h2-13,17,27,37,45,48H,1,14-16,18-26,28H2,(H,46,49,50)/b17-4+,32-5+. The minimum atomic E-state index is -0.646. The summed E-state index contributed by atoms with van der Waals surface area (Å²) in [5.41, 5.74) is 3.24. The zero-order chi connectivity index (χ0) is 40.7. The number of halogens is 1. The van der Waals surface area contributed by atoms with Gasteiger partial charge in [0.2, 0.25) is 11.8 Å². The summed E-state index contributed by atoms with van der Waals surface area (Å²) in [6, 6.07) is 18.1. The van der Waals surface area contributed by atoms with Gasteiger partial charge >= 0.3 is 0 Å². The van der Waals surface area contributed by atoms with E-state index in [1.807, 2.05) is 42.5 Å². The van der Waals surface area contributed by atoms with Crippen molar-refractivity contribution in [3.63, 3.8) is 0 Å². The average molecular weight is 877 g/mol. The van der Waals surface area contributed by atoms with Crippen molar-refractivity contribution < 1.29 is 47.9 Å². The molecule has 3 aromatic carbocycles. The molecule has 15 heteroatoms. The van der Waals surface area contributed by atoms with Gasteiger partial charge in [0.25, 0.3) is 5.91 Å². The Kier molecular flexibility index (Phi) is 15.9. The van der Waals surface area contributed by atoms with Crippen molar-refractivity contribution in [3.8, 4) is 21.9 Å². The molecule has 1 saturated heterocycles. The maximum absolute atomic E-state index is 13.0. The maximum atomic E-state index is 13.0. The third-order valence-electron chi connectivity index (χ3n) is 9.22. The summed E-state index contributed by atoms with van der Waals surface area (Å²) in [6.45, 7) is 8.40. The highest BCUT2D eigenvalue weighted by molar-refractivity contribution is 9.10. The molecule has 0 saturated carbocycles. The molecular weight excluding hydrogens is 830 g/mol. The SMILES string of the molecule is C=C/C(=C\C=C\Oc1c(-c2ccc(Br)cc2)sc2cc(O)ccc12)OCCOCCOCCOCCOCCNc1cccc2c1CN(C1CCC(=O)NC1=O)C2=O. The van der Waals surface area contributed by atoms with Gasteiger partial charge in [0.1, 0.15) is 24.2 Å². The molecule has 1 atom stereocenters. The van der Waals surface area contributed by atoms with Crippen molar-refractivity contribution in [2.75, 3.05) is 71.3 Å². The highest BCUT2D eigenvalue weighted by atomic mass is 79.9. The van der Waals surface area contributed by atoms with Crippen LogP contribution in [0.5, 0.6) is 11.5 Å². The third kappa shape index (κ3) is 11.6. The average Bonchev–Trinajstić information content (AvgIpc) is 3.75. The molecule has 2 aliphatic heterocycles. The predicted octanol–water partition coefficient (Wildman–Crippen LogP) is 6.95. The number of anilines is 1. The number of nitrogens with zero attached hydrogens (tertiary/aromatic N) is 1. The highest BCUT2D eigenvalue weighted by Crippen LogP contribution is 2.45. The summed E-state index contributed by atoms with van der Waals surface area (Å²) in [5, 5.41) is 16.6. The van der Waals surface area contributed by atoms with Gasteiger partial charge in [-0.2, -0.15) is 0 Å². The van der Waals surface area contributed by atoms with Crippen molar-refractivity contribution in [2.24, 2.45) is 0 Å². The van der Waals surface area contributed by atoms with Crippen LogP contribution in [0.15, 0.2) is 102 Å². The first kappa shape index (κ1) is 42.6. The lowest BCUT2D eigenvalue weighted by atomic mass is 10.0. The zero-order valence-corrected chi connectivity index (χ0v) is 34.3. The Labute approximate surface area is 349 Å². The van der Waals surface area contributed by atoms with Gasteiger partial charge in [-0.3, -0.25) is 19.7 Å². The van der Waals surface area contributed by atoms with E-state index in [0.717, 1.165) is 36.3 Å². The summed E-state index contributed by atoms with van der Waals surface area (Å²) in [4.78, 5) is 39.4. The molecule has 6 rings (SSSR count). The van der Waals surface area contributed by atoms with Crippen LogP contribution in [0.4, 0.5) is 5.69 Å². The van der Waals surface area contributed by atoms with E-state index in [1.54, 1.807) is 58.9 Å². The van der Waals surface area contributed by atoms with Crippen molar-refractivity contribution in [1.29, 1.82) is 0 Å². The topological polar surface area (TPSA) is 154 Å². The zero-order valence-electron chi connectivity index (χ0n) is 31.9. The molecule has 0 radical (unpaired) electrons. The number of benzene rings is 3. The molecule has 0 bridgehead atoms. The van der Waals surface area contributed by atoms with Gasteiger partial charge < -0.3 is 43.7 Å². The van der Waals surface area contributed by atoms with Crippen LogP contribution >= 0.6 is 27.3 Å². The van der Waals surface area contributed by atoms with Gasteiger partial charge in [0, 0.05) is 50.9 Å². The molecule has 2 aliphatic rings. The van der Waals surface area contributed by atoms with E-state index in [1.165, 1.54) is 0 Å². The lowest BCUT2D eigenvalue weighted by molar-refractivity contribution is -0.136. The van der Waals surface area contributed by atoms with E-state index in [-0.39, 0.29) is 24.0 Å². The van der Waals surface area contributed by atoms with Gasteiger partial charge in [0.05, 0.1) is 64.0 Å². The summed E-state index contributed by atoms with van der Waals surface area (Å²) in [7, 11) is 0. The van der Waals surface area contributed by atoms with Gasteiger partial charge in [-0.25, -0.2) is 0 Å². The minimum absolute atomic E-state index is 0.202. The number of phenols is 1. The molecule has 13 nitrogen and oxygen atoms in total. The molecule has 306 valence electrons. The van der Waals surface area contributed by atoms with Gasteiger partial charge in [0.15, 0.2) is 5.75 Å². The van der Waals surface area contributed by atoms with E-state index in [9.17, 15) is 19.5 Å². The van der Waals surface area contributed by atoms with Crippen molar-refractivity contribution >= 4 is 60.8 Å². The Balaban J connectivity index is 0.781. The number of nitrogens with one attached hydrogen (secondary N) is 2. The Morgan fingerprint density at radius 3 is 2.34 bits per heavy atom. The largest absolute Gasteiger partial charge is 0.508 e. The molecular formula is C43H46BrN3O10S. The van der Waals surface area contributed by atoms with E-state index in [4.69, 9.17) is 28.4 Å². The Morgan fingerprint density at radius 2 is 1.64 bits per heavy atom. The second kappa shape index (κ2) is 21.6. The molecule has 3 amide bonds. The fourth-order valence-electron chi connectivity index (χ4n) is 6.38. The van der Waals surface area contributed by atoms with E-state index < -0.39 is 11.9 Å². The smallest absolute Gasteiger partial charge is 0.255 e. The van der Waals surface area contributed by atoms with Crippen LogP contribution in [0.2, 0.25) is 0 Å². The summed E-state index contributed by atoms with van der Waals surface area (Å²) >= 11 is 5.04. The molecule has 1 unspecified atom stereocenters. The molecule has 4 aromatic rings. The minimum Gasteiger partial charge on any atom is -0.508 e. The normalized spacial score (nSPS) is 15.6. The Hall–Kier alpha value is -5.03. The molecule has 3 heterocycles. The highest BCUT2D eigenvalue weighted by Gasteiger charge is 2.39. The number of imide groups is 1. The molecule has 0 aliphatic carbocycles. The number of fused-ring (bicyclic) bond motifs is 2. The number of piperidine rings is 1. The summed E-state index contributed by atoms with van der Waals surface area (Å²) in [5.74, 6) is 0.553. The Bertz CT molecular complexity index is 2120. The number of ether oxygens (including phenoxy) is 6. The van der Waals surface area contributed by atoms with Gasteiger partial charge in [-0.05, 0) is 72.7 Å². The fourth-order valence-corrected chi connectivity index (χ4v) is 7.82. The number of hydrogen-bond acceptors (Lipinski definition) is 12. The number of carbonyl (C=O) groups excluding carboxylic acids is 3. The number of aromatic hydroxyl groups is 1. The van der Waals surface area contributed by atoms with Crippen LogP contribution in [0, 0.1) is 0 Å². The molecule has 1 aromatic heterocycles. The summed E-state index contributed by atoms with van der Waals surface area (Å²) in [6.07, 6.45) is 7.27. The van der Waals surface area contributed by atoms with E-state index in [2.05, 4.69) is 33.1 Å². The predicted molar refractivity (Wildman–Crippen MR) is 225 cm³/mol. The lowest BCUT2D eigenvalue weighted by Crippen LogP contribution is -2.52. The number of allylic oxidation sites excluding steroid dienone is 3. The molecule has 0 spiro atoms. The second-order valence-electron chi connectivity index (χ2n) is 13.1. The number of thiophene rings is 1. The monoisotopic (exact) mass is 875 g/mol. The van der Waals surface area contributed by atoms with Crippen LogP contribution in [-0.2, 0) is 39.8 Å². The van der Waals surface area contributed by atoms with Crippen molar-refractivity contribution in [2.45, 2.75) is 25.4 Å². The number of hydrogen-bond donors (Lipinski definition) is 3. The fraction of sp³-hybridized carbons (Fsp3) is 0.326. The van der Waals surface area contributed by atoms with Crippen LogP contribution in [0.1, 0.15) is 28.8 Å². The van der Waals surface area contributed by atoms with Crippen LogP contribution in [0.3, 0.4) is 0 Å². The quantitative estimate of drug-likeness (QED) is 0.0307. The number of rotatable bonds is 23. The second-order valence-corrected chi connectivity index (χ2v) is 15.1. The van der Waals surface area contributed by atoms with Crippen LogP contribution in [-0.4, -0.2) is 99.8 Å². The third-order valence-corrected chi connectivity index (χ3v) is 10.9. The van der Waals surface area contributed by atoms with Crippen LogP contribution in [0.25, 0.3) is 20.5 Å². The first-order valence-corrected chi connectivity index (χ1v) is 20.5. The Morgan fingerprint density at radius 1 is 0.931 bits per heavy atom. The van der Waals surface area contributed by atoms with Gasteiger partial charge in [-0.15, -0.1) is 11.3 Å². The van der Waals surface area contributed by atoms with Crippen molar-refractivity contribution in [1.82, 2.24) is 10.2 Å². The van der Waals surface area contributed by atoms with Gasteiger partial charge in [-0.1, -0.05) is 40.7 Å². The number of phenolic OH excluding ortho intramolecular Hbond substituents is 1. The summed E-state index contributed by atoms with van der Waals surface area (Å²) < 4.78 is 36.2. The number of carbonyl (C=O) groups is 3. The van der Waals surface area contributed by atoms with Crippen molar-refractivity contribution in [3.05, 3.63) is 113 Å². The number of amides is 3. The maximum Gasteiger partial charge on any atom is 0.255 e. The first-order valence-electron chi connectivity index (χ1n) is 18.9. The molecule has 3 N–H and O–H groups in total. The first-order chi connectivity index (χ1) is 28.3. The molecule has 58 heavy (non-hydrogen) atoms. The molecule has 1 fully saturated rings. The lowest BCUT2D eigenvalue weighted by Gasteiger charge is -2.29. The van der Waals surface area contributed by atoms with E-state index >= 15 is 0 Å².